The number of rotatable bonds is 1. The highest BCUT2D eigenvalue weighted by atomic mass is 19.4. The van der Waals surface area contributed by atoms with E-state index in [0.717, 1.165) is 15.8 Å². The molecule has 0 spiro atoms. The molecule has 0 bridgehead atoms. The van der Waals surface area contributed by atoms with Crippen molar-refractivity contribution in [3.05, 3.63) is 35.4 Å². The zero-order valence-corrected chi connectivity index (χ0v) is 11.4. The second-order valence-electron chi connectivity index (χ2n) is 5.07. The Morgan fingerprint density at radius 2 is 1.95 bits per heavy atom. The lowest BCUT2D eigenvalue weighted by Gasteiger charge is -2.30. The van der Waals surface area contributed by atoms with Gasteiger partial charge in [0.15, 0.2) is 5.82 Å². The van der Waals surface area contributed by atoms with E-state index in [4.69, 9.17) is 5.73 Å². The Kier molecular flexibility index (Phi) is 3.03. The van der Waals surface area contributed by atoms with Crippen LogP contribution in [0.1, 0.15) is 17.2 Å². The molecule has 21 heavy (non-hydrogen) atoms. The first-order chi connectivity index (χ1) is 9.86. The largest absolute Gasteiger partial charge is 0.451 e. The van der Waals surface area contributed by atoms with Crippen LogP contribution in [0.15, 0.2) is 18.2 Å². The summed E-state index contributed by atoms with van der Waals surface area (Å²) in [5.41, 5.74) is 8.41. The number of halogens is 3. The van der Waals surface area contributed by atoms with Gasteiger partial charge in [0.1, 0.15) is 0 Å². The molecule has 1 aliphatic heterocycles. The van der Waals surface area contributed by atoms with Crippen LogP contribution in [-0.4, -0.2) is 21.3 Å². The lowest BCUT2D eigenvalue weighted by atomic mass is 10.1. The predicted octanol–water partition coefficient (Wildman–Crippen LogP) is 2.21. The summed E-state index contributed by atoms with van der Waals surface area (Å²) < 4.78 is 39.5. The summed E-state index contributed by atoms with van der Waals surface area (Å²) >= 11 is 0. The SMILES string of the molecule is Cc1ccc(N)c(N2CCn3c(nnc3C(F)(F)F)C2)c1. The van der Waals surface area contributed by atoms with Crippen molar-refractivity contribution >= 4 is 11.4 Å². The van der Waals surface area contributed by atoms with Crippen molar-refractivity contribution in [2.24, 2.45) is 0 Å². The number of fused-ring (bicyclic) bond motifs is 1. The highest BCUT2D eigenvalue weighted by molar-refractivity contribution is 5.68. The van der Waals surface area contributed by atoms with Crippen molar-refractivity contribution in [1.29, 1.82) is 0 Å². The number of nitrogen functional groups attached to an aromatic ring is 1. The minimum atomic E-state index is -4.48. The molecule has 0 saturated carbocycles. The van der Waals surface area contributed by atoms with Crippen molar-refractivity contribution in [2.45, 2.75) is 26.2 Å². The first-order valence-corrected chi connectivity index (χ1v) is 6.46. The van der Waals surface area contributed by atoms with E-state index in [1.165, 1.54) is 0 Å². The first kappa shape index (κ1) is 13.7. The van der Waals surface area contributed by atoms with Gasteiger partial charge in [-0.15, -0.1) is 10.2 Å². The smallest absolute Gasteiger partial charge is 0.397 e. The van der Waals surface area contributed by atoms with Crippen LogP contribution in [0, 0.1) is 6.92 Å². The zero-order valence-electron chi connectivity index (χ0n) is 11.4. The molecule has 3 rings (SSSR count). The minimum Gasteiger partial charge on any atom is -0.397 e. The van der Waals surface area contributed by atoms with Gasteiger partial charge < -0.3 is 15.2 Å². The van der Waals surface area contributed by atoms with E-state index < -0.39 is 12.0 Å². The Bertz CT molecular complexity index is 677. The Morgan fingerprint density at radius 1 is 1.19 bits per heavy atom. The summed E-state index contributed by atoms with van der Waals surface area (Å²) in [5, 5.41) is 6.93. The van der Waals surface area contributed by atoms with Gasteiger partial charge in [0.2, 0.25) is 5.82 Å². The molecule has 0 fully saturated rings. The van der Waals surface area contributed by atoms with Crippen LogP contribution in [-0.2, 0) is 19.3 Å². The van der Waals surface area contributed by atoms with E-state index in [1.54, 1.807) is 6.07 Å². The number of benzene rings is 1. The second kappa shape index (κ2) is 4.64. The van der Waals surface area contributed by atoms with E-state index in [1.807, 2.05) is 24.0 Å². The molecule has 112 valence electrons. The van der Waals surface area contributed by atoms with Crippen molar-refractivity contribution < 1.29 is 13.2 Å². The topological polar surface area (TPSA) is 60.0 Å². The summed E-state index contributed by atoms with van der Waals surface area (Å²) in [6.07, 6.45) is -4.48. The molecule has 0 radical (unpaired) electrons. The Labute approximate surface area is 119 Å². The van der Waals surface area contributed by atoms with Gasteiger partial charge in [-0.3, -0.25) is 0 Å². The molecule has 0 atom stereocenters. The van der Waals surface area contributed by atoms with Crippen LogP contribution < -0.4 is 10.6 Å². The molecule has 8 heteroatoms. The third-order valence-electron chi connectivity index (χ3n) is 3.53. The average molecular weight is 297 g/mol. The number of aromatic nitrogens is 3. The standard InChI is InChI=1S/C13H14F3N5/c1-8-2-3-9(17)10(6-8)20-4-5-21-11(7-20)18-19-12(21)13(14,15)16/h2-3,6H,4-5,7,17H2,1H3. The van der Waals surface area contributed by atoms with E-state index in [2.05, 4.69) is 10.2 Å². The number of nitrogens with zero attached hydrogens (tertiary/aromatic N) is 4. The number of alkyl halides is 3. The number of hydrogen-bond donors (Lipinski definition) is 1. The molecule has 1 aromatic heterocycles. The maximum atomic E-state index is 12.8. The van der Waals surface area contributed by atoms with Crippen molar-refractivity contribution in [3.63, 3.8) is 0 Å². The molecule has 0 aliphatic carbocycles. The van der Waals surface area contributed by atoms with Gasteiger partial charge in [-0.2, -0.15) is 13.2 Å². The zero-order chi connectivity index (χ0) is 15.2. The summed E-state index contributed by atoms with van der Waals surface area (Å²) in [6, 6.07) is 5.62. The van der Waals surface area contributed by atoms with Gasteiger partial charge in [0.05, 0.1) is 17.9 Å². The maximum absolute atomic E-state index is 12.8. The molecular formula is C13H14F3N5. The van der Waals surface area contributed by atoms with E-state index in [0.29, 0.717) is 18.1 Å². The van der Waals surface area contributed by atoms with Crippen molar-refractivity contribution in [2.75, 3.05) is 17.2 Å². The highest BCUT2D eigenvalue weighted by Gasteiger charge is 2.39. The van der Waals surface area contributed by atoms with E-state index in [9.17, 15) is 13.2 Å². The Balaban J connectivity index is 1.92. The van der Waals surface area contributed by atoms with Crippen LogP contribution >= 0.6 is 0 Å². The van der Waals surface area contributed by atoms with Crippen molar-refractivity contribution in [1.82, 2.24) is 14.8 Å². The summed E-state index contributed by atoms with van der Waals surface area (Å²) in [4.78, 5) is 1.92. The quantitative estimate of drug-likeness (QED) is 0.820. The van der Waals surface area contributed by atoms with Crippen LogP contribution in [0.4, 0.5) is 24.5 Å². The third kappa shape index (κ3) is 2.41. The normalized spacial score (nSPS) is 15.1. The van der Waals surface area contributed by atoms with Gasteiger partial charge in [-0.05, 0) is 24.6 Å². The molecular weight excluding hydrogens is 283 g/mol. The maximum Gasteiger partial charge on any atom is 0.451 e. The molecule has 2 N–H and O–H groups in total. The lowest BCUT2D eigenvalue weighted by molar-refractivity contribution is -0.147. The molecule has 5 nitrogen and oxygen atoms in total. The number of aryl methyl sites for hydroxylation is 1. The van der Waals surface area contributed by atoms with Crippen LogP contribution in [0.5, 0.6) is 0 Å². The summed E-state index contributed by atoms with van der Waals surface area (Å²) in [5.74, 6) is -0.635. The van der Waals surface area contributed by atoms with Crippen LogP contribution in [0.2, 0.25) is 0 Å². The summed E-state index contributed by atoms with van der Waals surface area (Å²) in [6.45, 7) is 2.82. The average Bonchev–Trinajstić information content (AvgIpc) is 2.84. The van der Waals surface area contributed by atoms with Gasteiger partial charge >= 0.3 is 6.18 Å². The fourth-order valence-electron chi connectivity index (χ4n) is 2.50. The van der Waals surface area contributed by atoms with Gasteiger partial charge in [0.25, 0.3) is 0 Å². The third-order valence-corrected chi connectivity index (χ3v) is 3.53. The Morgan fingerprint density at radius 3 is 2.67 bits per heavy atom. The number of anilines is 2. The Hall–Kier alpha value is -2.25. The van der Waals surface area contributed by atoms with Gasteiger partial charge in [-0.25, -0.2) is 0 Å². The molecule has 0 saturated heterocycles. The number of hydrogen-bond acceptors (Lipinski definition) is 4. The predicted molar refractivity (Wildman–Crippen MR) is 71.7 cm³/mol. The summed E-state index contributed by atoms with van der Waals surface area (Å²) in [7, 11) is 0. The molecule has 0 amide bonds. The van der Waals surface area contributed by atoms with Crippen molar-refractivity contribution in [3.8, 4) is 0 Å². The van der Waals surface area contributed by atoms with Crippen LogP contribution in [0.3, 0.4) is 0 Å². The second-order valence-corrected chi connectivity index (χ2v) is 5.07. The minimum absolute atomic E-state index is 0.185. The fraction of sp³-hybridized carbons (Fsp3) is 0.385. The lowest BCUT2D eigenvalue weighted by Crippen LogP contribution is -2.35. The fourth-order valence-corrected chi connectivity index (χ4v) is 2.50. The molecule has 2 heterocycles. The monoisotopic (exact) mass is 297 g/mol. The molecule has 1 aliphatic rings. The van der Waals surface area contributed by atoms with E-state index >= 15 is 0 Å². The first-order valence-electron chi connectivity index (χ1n) is 6.46. The van der Waals surface area contributed by atoms with Crippen LogP contribution in [0.25, 0.3) is 0 Å². The molecule has 2 aromatic rings. The molecule has 1 aromatic carbocycles. The van der Waals surface area contributed by atoms with E-state index in [-0.39, 0.29) is 13.1 Å². The number of nitrogens with two attached hydrogens (primary N) is 1. The molecule has 0 unspecified atom stereocenters. The highest BCUT2D eigenvalue weighted by Crippen LogP contribution is 2.32. The van der Waals surface area contributed by atoms with Gasteiger partial charge in [0, 0.05) is 13.1 Å². The van der Waals surface area contributed by atoms with Gasteiger partial charge in [-0.1, -0.05) is 6.07 Å².